The molecule has 1 aromatic rings. The van der Waals surface area contributed by atoms with Crippen molar-refractivity contribution in [3.63, 3.8) is 0 Å². The van der Waals surface area contributed by atoms with Gasteiger partial charge in [0.05, 0.1) is 6.61 Å². The first-order valence-electron chi connectivity index (χ1n) is 5.53. The highest BCUT2D eigenvalue weighted by molar-refractivity contribution is 6.30. The van der Waals surface area contributed by atoms with E-state index in [1.807, 2.05) is 0 Å². The van der Waals surface area contributed by atoms with Gasteiger partial charge in [0.1, 0.15) is 0 Å². The third-order valence-corrected chi connectivity index (χ3v) is 2.51. The number of amides is 2. The van der Waals surface area contributed by atoms with Crippen LogP contribution in [0.25, 0.3) is 0 Å². The molecule has 0 heterocycles. The van der Waals surface area contributed by atoms with Crippen LogP contribution >= 0.6 is 11.6 Å². The number of carbonyl (C=O) groups excluding carboxylic acids is 1. The van der Waals surface area contributed by atoms with Crippen LogP contribution in [-0.2, 0) is 16.1 Å². The quantitative estimate of drug-likeness (QED) is 0.734. The van der Waals surface area contributed by atoms with E-state index in [9.17, 15) is 9.59 Å². The van der Waals surface area contributed by atoms with Crippen molar-refractivity contribution in [1.29, 1.82) is 0 Å². The summed E-state index contributed by atoms with van der Waals surface area (Å²) in [6.45, 7) is 0.158. The van der Waals surface area contributed by atoms with E-state index < -0.39 is 18.0 Å². The number of aliphatic carboxylic acids is 1. The number of carbonyl (C=O) groups is 2. The van der Waals surface area contributed by atoms with Crippen LogP contribution in [0.2, 0.25) is 5.02 Å². The molecule has 0 aliphatic carbocycles. The fraction of sp³-hybridized carbons (Fsp3) is 0.333. The average Bonchev–Trinajstić information content (AvgIpc) is 2.36. The summed E-state index contributed by atoms with van der Waals surface area (Å²) >= 11 is 5.80. The molecule has 0 aromatic heterocycles. The minimum atomic E-state index is -1.15. The van der Waals surface area contributed by atoms with Crippen LogP contribution in [-0.4, -0.2) is 36.9 Å². The summed E-state index contributed by atoms with van der Waals surface area (Å²) in [4.78, 5) is 22.3. The molecule has 6 nitrogen and oxygen atoms in total. The Morgan fingerprint density at radius 3 is 2.79 bits per heavy atom. The maximum absolute atomic E-state index is 11.5. The van der Waals surface area contributed by atoms with Crippen LogP contribution in [0, 0.1) is 0 Å². The molecule has 0 fully saturated rings. The molecule has 1 rings (SSSR count). The zero-order valence-electron chi connectivity index (χ0n) is 10.4. The number of urea groups is 1. The Bertz CT molecular complexity index is 453. The van der Waals surface area contributed by atoms with Crippen LogP contribution in [0.3, 0.4) is 0 Å². The van der Waals surface area contributed by atoms with Crippen LogP contribution in [0.1, 0.15) is 5.56 Å². The van der Waals surface area contributed by atoms with Gasteiger partial charge in [-0.2, -0.15) is 0 Å². The number of carboxylic acid groups (broad SMARTS) is 1. The Kier molecular flexibility index (Phi) is 6.11. The van der Waals surface area contributed by atoms with Crippen molar-refractivity contribution < 1.29 is 19.4 Å². The average molecular weight is 287 g/mol. The van der Waals surface area contributed by atoms with Gasteiger partial charge in [-0.25, -0.2) is 9.59 Å². The fourth-order valence-electron chi connectivity index (χ4n) is 1.38. The molecule has 7 heteroatoms. The highest BCUT2D eigenvalue weighted by Crippen LogP contribution is 2.10. The van der Waals surface area contributed by atoms with E-state index in [4.69, 9.17) is 21.4 Å². The van der Waals surface area contributed by atoms with Crippen molar-refractivity contribution >= 4 is 23.6 Å². The lowest BCUT2D eigenvalue weighted by molar-refractivity contribution is -0.140. The Balaban J connectivity index is 2.44. The van der Waals surface area contributed by atoms with E-state index >= 15 is 0 Å². The van der Waals surface area contributed by atoms with E-state index in [0.29, 0.717) is 5.02 Å². The molecule has 2 amide bonds. The minimum absolute atomic E-state index is 0.0973. The summed E-state index contributed by atoms with van der Waals surface area (Å²) in [7, 11) is 1.36. The second-order valence-corrected chi connectivity index (χ2v) is 4.24. The van der Waals surface area contributed by atoms with Crippen molar-refractivity contribution in [3.8, 4) is 0 Å². The van der Waals surface area contributed by atoms with Crippen LogP contribution < -0.4 is 10.6 Å². The maximum Gasteiger partial charge on any atom is 0.328 e. The van der Waals surface area contributed by atoms with Gasteiger partial charge >= 0.3 is 12.0 Å². The summed E-state index contributed by atoms with van der Waals surface area (Å²) in [5.41, 5.74) is 0.821. The summed E-state index contributed by atoms with van der Waals surface area (Å²) in [6.07, 6.45) is 0. The second kappa shape index (κ2) is 7.60. The van der Waals surface area contributed by atoms with Crippen molar-refractivity contribution in [2.24, 2.45) is 0 Å². The molecule has 0 saturated carbocycles. The molecule has 0 bridgehead atoms. The van der Waals surface area contributed by atoms with Gasteiger partial charge in [-0.05, 0) is 17.7 Å². The third-order valence-electron chi connectivity index (χ3n) is 2.28. The Labute approximate surface area is 115 Å². The Morgan fingerprint density at radius 1 is 1.47 bits per heavy atom. The first-order chi connectivity index (χ1) is 9.02. The molecular formula is C12H15ClN2O4. The van der Waals surface area contributed by atoms with E-state index in [2.05, 4.69) is 10.6 Å². The number of nitrogens with one attached hydrogen (secondary N) is 2. The van der Waals surface area contributed by atoms with Gasteiger partial charge < -0.3 is 20.5 Å². The van der Waals surface area contributed by atoms with Gasteiger partial charge in [0.15, 0.2) is 6.04 Å². The highest BCUT2D eigenvalue weighted by Gasteiger charge is 2.19. The predicted molar refractivity (Wildman–Crippen MR) is 70.1 cm³/mol. The molecule has 0 aliphatic heterocycles. The summed E-state index contributed by atoms with van der Waals surface area (Å²) in [5, 5.41) is 14.2. The largest absolute Gasteiger partial charge is 0.480 e. The zero-order valence-corrected chi connectivity index (χ0v) is 11.1. The van der Waals surface area contributed by atoms with Gasteiger partial charge in [0.25, 0.3) is 0 Å². The fourth-order valence-corrected chi connectivity index (χ4v) is 1.59. The minimum Gasteiger partial charge on any atom is -0.480 e. The van der Waals surface area contributed by atoms with Gasteiger partial charge in [-0.3, -0.25) is 0 Å². The van der Waals surface area contributed by atoms with E-state index in [0.717, 1.165) is 5.56 Å². The lowest BCUT2D eigenvalue weighted by Crippen LogP contribution is -2.48. The smallest absolute Gasteiger partial charge is 0.328 e. The van der Waals surface area contributed by atoms with Gasteiger partial charge in [0, 0.05) is 18.7 Å². The Hall–Kier alpha value is -1.79. The van der Waals surface area contributed by atoms with Gasteiger partial charge in [-0.1, -0.05) is 23.7 Å². The molecule has 19 heavy (non-hydrogen) atoms. The van der Waals surface area contributed by atoms with Crippen LogP contribution in [0.5, 0.6) is 0 Å². The van der Waals surface area contributed by atoms with Gasteiger partial charge in [0.2, 0.25) is 0 Å². The molecule has 1 atom stereocenters. The monoisotopic (exact) mass is 286 g/mol. The molecular weight excluding hydrogens is 272 g/mol. The molecule has 0 radical (unpaired) electrons. The molecule has 1 unspecified atom stereocenters. The molecule has 3 N–H and O–H groups in total. The summed E-state index contributed by atoms with van der Waals surface area (Å²) in [5.74, 6) is -1.15. The normalized spacial score (nSPS) is 11.7. The lowest BCUT2D eigenvalue weighted by Gasteiger charge is -2.14. The number of ether oxygens (including phenoxy) is 1. The SMILES string of the molecule is COCC(NC(=O)NCc1cccc(Cl)c1)C(=O)O. The van der Waals surface area contributed by atoms with Crippen molar-refractivity contribution in [2.75, 3.05) is 13.7 Å². The zero-order chi connectivity index (χ0) is 14.3. The molecule has 0 aliphatic rings. The first kappa shape index (κ1) is 15.3. The number of halogens is 1. The predicted octanol–water partition coefficient (Wildman–Crippen LogP) is 1.24. The number of hydrogen-bond donors (Lipinski definition) is 3. The number of methoxy groups -OCH3 is 1. The van der Waals surface area contributed by atoms with E-state index in [-0.39, 0.29) is 13.2 Å². The third kappa shape index (κ3) is 5.58. The second-order valence-electron chi connectivity index (χ2n) is 3.80. The first-order valence-corrected chi connectivity index (χ1v) is 5.91. The summed E-state index contributed by atoms with van der Waals surface area (Å²) < 4.78 is 4.70. The Morgan fingerprint density at radius 2 is 2.21 bits per heavy atom. The van der Waals surface area contributed by atoms with Gasteiger partial charge in [-0.15, -0.1) is 0 Å². The number of benzene rings is 1. The standard InChI is InChI=1S/C12H15ClN2O4/c1-19-7-10(11(16)17)15-12(18)14-6-8-3-2-4-9(13)5-8/h2-5,10H,6-7H2,1H3,(H,16,17)(H2,14,15,18). The number of carboxylic acids is 1. The van der Waals surface area contributed by atoms with Crippen molar-refractivity contribution in [3.05, 3.63) is 34.9 Å². The highest BCUT2D eigenvalue weighted by atomic mass is 35.5. The topological polar surface area (TPSA) is 87.7 Å². The van der Waals surface area contributed by atoms with Crippen LogP contribution in [0.4, 0.5) is 4.79 Å². The molecule has 104 valence electrons. The van der Waals surface area contributed by atoms with Crippen molar-refractivity contribution in [2.45, 2.75) is 12.6 Å². The van der Waals surface area contributed by atoms with E-state index in [1.54, 1.807) is 24.3 Å². The number of rotatable bonds is 6. The number of hydrogen-bond acceptors (Lipinski definition) is 3. The maximum atomic E-state index is 11.5. The molecule has 0 spiro atoms. The summed E-state index contributed by atoms with van der Waals surface area (Å²) in [6, 6.07) is 5.35. The lowest BCUT2D eigenvalue weighted by atomic mass is 10.2. The molecule has 0 saturated heterocycles. The van der Waals surface area contributed by atoms with Crippen molar-refractivity contribution in [1.82, 2.24) is 10.6 Å². The van der Waals surface area contributed by atoms with Crippen LogP contribution in [0.15, 0.2) is 24.3 Å². The van der Waals surface area contributed by atoms with E-state index in [1.165, 1.54) is 7.11 Å². The molecule has 1 aromatic carbocycles.